The highest BCUT2D eigenvalue weighted by molar-refractivity contribution is 6.28. The molecule has 96 valence electrons. The molecule has 0 fully saturated rings. The van der Waals surface area contributed by atoms with Crippen molar-refractivity contribution < 1.29 is 14.3 Å². The summed E-state index contributed by atoms with van der Waals surface area (Å²) in [6.07, 6.45) is 1.68. The van der Waals surface area contributed by atoms with Crippen LogP contribution >= 0.6 is 11.6 Å². The fourth-order valence-corrected chi connectivity index (χ4v) is 1.81. The van der Waals surface area contributed by atoms with Crippen LogP contribution in [0.1, 0.15) is 10.4 Å². The molecule has 0 saturated carbocycles. The van der Waals surface area contributed by atoms with Crippen molar-refractivity contribution in [1.82, 2.24) is 0 Å². The minimum atomic E-state index is -0.528. The molecular weight excluding hydrogens is 268 g/mol. The highest BCUT2D eigenvalue weighted by Crippen LogP contribution is 2.13. The number of pyridine rings is 1. The molecule has 0 atom stereocenters. The number of rotatable bonds is 4. The molecule has 2 rings (SSSR count). The van der Waals surface area contributed by atoms with E-state index in [0.29, 0.717) is 10.7 Å². The number of ketones is 1. The first-order valence-electron chi connectivity index (χ1n) is 5.49. The number of halogens is 1. The zero-order chi connectivity index (χ0) is 13.8. The van der Waals surface area contributed by atoms with Gasteiger partial charge in [0.15, 0.2) is 6.20 Å². The summed E-state index contributed by atoms with van der Waals surface area (Å²) in [5.74, 6) is -0.234. The molecule has 1 aromatic heterocycles. The lowest BCUT2D eigenvalue weighted by Gasteiger charge is -1.99. The Bertz CT molecular complexity index is 643. The van der Waals surface area contributed by atoms with Gasteiger partial charge in [0.25, 0.3) is 10.8 Å². The van der Waals surface area contributed by atoms with Gasteiger partial charge in [-0.25, -0.2) is 0 Å². The van der Waals surface area contributed by atoms with E-state index < -0.39 is 4.92 Å². The van der Waals surface area contributed by atoms with Gasteiger partial charge in [0.05, 0.1) is 4.92 Å². The van der Waals surface area contributed by atoms with Crippen LogP contribution in [0.3, 0.4) is 0 Å². The van der Waals surface area contributed by atoms with E-state index in [1.54, 1.807) is 35.0 Å². The number of nitrogens with zero attached hydrogens (tertiary/aromatic N) is 2. The number of nitro benzene ring substituents is 1. The highest BCUT2D eigenvalue weighted by Gasteiger charge is 2.17. The molecule has 0 unspecified atom stereocenters. The molecule has 1 heterocycles. The van der Waals surface area contributed by atoms with E-state index in [0.717, 1.165) is 0 Å². The maximum Gasteiger partial charge on any atom is 0.275 e. The van der Waals surface area contributed by atoms with Crippen LogP contribution in [0.2, 0.25) is 5.15 Å². The summed E-state index contributed by atoms with van der Waals surface area (Å²) in [7, 11) is 0. The maximum absolute atomic E-state index is 12.0. The molecule has 2 aromatic rings. The summed E-state index contributed by atoms with van der Waals surface area (Å²) in [5, 5.41) is 11.1. The number of hydrogen-bond acceptors (Lipinski definition) is 3. The Labute approximate surface area is 114 Å². The Kier molecular flexibility index (Phi) is 3.87. The molecule has 19 heavy (non-hydrogen) atoms. The topological polar surface area (TPSA) is 64.1 Å². The Hall–Kier alpha value is -2.27. The summed E-state index contributed by atoms with van der Waals surface area (Å²) in [6, 6.07) is 10.8. The van der Waals surface area contributed by atoms with Crippen molar-refractivity contribution in [2.24, 2.45) is 0 Å². The number of carbonyl (C=O) groups excluding carboxylic acids is 1. The van der Waals surface area contributed by atoms with Gasteiger partial charge in [0.1, 0.15) is 0 Å². The lowest BCUT2D eigenvalue weighted by molar-refractivity contribution is -0.681. The van der Waals surface area contributed by atoms with Crippen molar-refractivity contribution >= 4 is 23.1 Å². The number of benzene rings is 1. The molecule has 1 aromatic carbocycles. The molecule has 0 N–H and O–H groups in total. The van der Waals surface area contributed by atoms with Crippen LogP contribution < -0.4 is 4.57 Å². The van der Waals surface area contributed by atoms with Crippen molar-refractivity contribution in [3.63, 3.8) is 0 Å². The molecule has 0 aliphatic heterocycles. The number of hydrogen-bond donors (Lipinski definition) is 0. The van der Waals surface area contributed by atoms with Crippen LogP contribution in [0.25, 0.3) is 0 Å². The fourth-order valence-electron chi connectivity index (χ4n) is 1.62. The van der Waals surface area contributed by atoms with Crippen molar-refractivity contribution in [3.8, 4) is 0 Å². The molecule has 6 heteroatoms. The van der Waals surface area contributed by atoms with Crippen LogP contribution in [-0.4, -0.2) is 10.7 Å². The number of carbonyl (C=O) groups is 1. The third kappa shape index (κ3) is 3.14. The number of Topliss-reactive ketones (excluding diaryl/α,β-unsaturated/α-hetero) is 1. The highest BCUT2D eigenvalue weighted by atomic mass is 35.5. The van der Waals surface area contributed by atoms with Gasteiger partial charge in [-0.15, -0.1) is 0 Å². The molecule has 0 bridgehead atoms. The minimum absolute atomic E-state index is 0.0425. The maximum atomic E-state index is 12.0. The SMILES string of the molecule is O=C(C[n+]1ccccc1Cl)c1cccc([N+](=O)[O-])c1. The Morgan fingerprint density at radius 3 is 2.74 bits per heavy atom. The zero-order valence-electron chi connectivity index (χ0n) is 9.82. The van der Waals surface area contributed by atoms with Gasteiger partial charge in [-0.1, -0.05) is 12.1 Å². The predicted octanol–water partition coefficient (Wildman–Crippen LogP) is 2.42. The second kappa shape index (κ2) is 5.58. The van der Waals surface area contributed by atoms with E-state index >= 15 is 0 Å². The molecular formula is C13H10ClN2O3+. The van der Waals surface area contributed by atoms with Gasteiger partial charge in [0, 0.05) is 29.8 Å². The van der Waals surface area contributed by atoms with E-state index in [1.807, 2.05) is 0 Å². The van der Waals surface area contributed by atoms with Crippen LogP contribution in [-0.2, 0) is 6.54 Å². The molecule has 0 spiro atoms. The molecule has 0 amide bonds. The van der Waals surface area contributed by atoms with Gasteiger partial charge in [-0.05, 0) is 17.7 Å². The first-order chi connectivity index (χ1) is 9.08. The second-order valence-electron chi connectivity index (χ2n) is 3.88. The Morgan fingerprint density at radius 1 is 1.26 bits per heavy atom. The smallest absolute Gasteiger partial charge is 0.275 e. The van der Waals surface area contributed by atoms with E-state index in [-0.39, 0.29) is 18.0 Å². The molecule has 0 radical (unpaired) electrons. The van der Waals surface area contributed by atoms with Crippen molar-refractivity contribution in [2.45, 2.75) is 6.54 Å². The Balaban J connectivity index is 2.23. The average molecular weight is 278 g/mol. The van der Waals surface area contributed by atoms with Crippen molar-refractivity contribution in [3.05, 3.63) is 69.5 Å². The summed E-state index contributed by atoms with van der Waals surface area (Å²) in [5.41, 5.74) is 0.191. The van der Waals surface area contributed by atoms with E-state index in [2.05, 4.69) is 0 Å². The largest absolute Gasteiger partial charge is 0.287 e. The Morgan fingerprint density at radius 2 is 2.05 bits per heavy atom. The normalized spacial score (nSPS) is 10.2. The number of nitro groups is 1. The quantitative estimate of drug-likeness (QED) is 0.283. The van der Waals surface area contributed by atoms with Gasteiger partial charge >= 0.3 is 0 Å². The summed E-state index contributed by atoms with van der Waals surface area (Å²) < 4.78 is 1.57. The average Bonchev–Trinajstić information content (AvgIpc) is 2.41. The summed E-state index contributed by atoms with van der Waals surface area (Å²) in [4.78, 5) is 22.2. The van der Waals surface area contributed by atoms with E-state index in [9.17, 15) is 14.9 Å². The lowest BCUT2D eigenvalue weighted by atomic mass is 10.1. The molecule has 0 aliphatic rings. The van der Waals surface area contributed by atoms with E-state index in [1.165, 1.54) is 18.2 Å². The number of aromatic nitrogens is 1. The second-order valence-corrected chi connectivity index (χ2v) is 4.27. The van der Waals surface area contributed by atoms with Gasteiger partial charge in [0.2, 0.25) is 12.3 Å². The lowest BCUT2D eigenvalue weighted by Crippen LogP contribution is -2.38. The van der Waals surface area contributed by atoms with Crippen LogP contribution in [0, 0.1) is 10.1 Å². The third-order valence-corrected chi connectivity index (χ3v) is 2.92. The molecule has 0 saturated heterocycles. The molecule has 5 nitrogen and oxygen atoms in total. The van der Waals surface area contributed by atoms with Gasteiger partial charge < -0.3 is 0 Å². The zero-order valence-corrected chi connectivity index (χ0v) is 10.6. The van der Waals surface area contributed by atoms with Gasteiger partial charge in [-0.3, -0.25) is 14.9 Å². The fraction of sp³-hybridized carbons (Fsp3) is 0.0769. The first-order valence-corrected chi connectivity index (χ1v) is 5.87. The first kappa shape index (κ1) is 13.2. The minimum Gasteiger partial charge on any atom is -0.287 e. The van der Waals surface area contributed by atoms with Gasteiger partial charge in [-0.2, -0.15) is 4.57 Å². The van der Waals surface area contributed by atoms with Crippen LogP contribution in [0.15, 0.2) is 48.7 Å². The van der Waals surface area contributed by atoms with E-state index in [4.69, 9.17) is 11.6 Å². The van der Waals surface area contributed by atoms with Crippen molar-refractivity contribution in [1.29, 1.82) is 0 Å². The summed E-state index contributed by atoms with van der Waals surface area (Å²) in [6.45, 7) is 0.0425. The standard InChI is InChI=1S/C13H10ClN2O3/c14-13-6-1-2-7-15(13)9-12(17)10-4-3-5-11(8-10)16(18)19/h1-8H,9H2/q+1. The monoisotopic (exact) mass is 277 g/mol. The van der Waals surface area contributed by atoms with Crippen LogP contribution in [0.5, 0.6) is 0 Å². The third-order valence-electron chi connectivity index (χ3n) is 2.58. The van der Waals surface area contributed by atoms with Crippen molar-refractivity contribution in [2.75, 3.05) is 0 Å². The molecule has 0 aliphatic carbocycles. The predicted molar refractivity (Wildman–Crippen MR) is 69.1 cm³/mol. The summed E-state index contributed by atoms with van der Waals surface area (Å²) >= 11 is 5.94. The number of non-ortho nitro benzene ring substituents is 1. The van der Waals surface area contributed by atoms with Crippen LogP contribution in [0.4, 0.5) is 5.69 Å².